The summed E-state index contributed by atoms with van der Waals surface area (Å²) in [6.07, 6.45) is -3.27. The molecule has 3 unspecified atom stereocenters. The first-order chi connectivity index (χ1) is 15.7. The highest BCUT2D eigenvalue weighted by Crippen LogP contribution is 2.46. The highest BCUT2D eigenvalue weighted by atomic mass is 19.4. The predicted molar refractivity (Wildman–Crippen MR) is 110 cm³/mol. The molecule has 1 aliphatic carbocycles. The van der Waals surface area contributed by atoms with E-state index in [0.717, 1.165) is 18.4 Å². The summed E-state index contributed by atoms with van der Waals surface area (Å²) in [4.78, 5) is 0. The van der Waals surface area contributed by atoms with E-state index in [-0.39, 0.29) is 36.0 Å². The monoisotopic (exact) mass is 465 g/mol. The van der Waals surface area contributed by atoms with E-state index >= 15 is 0 Å². The van der Waals surface area contributed by atoms with E-state index in [1.807, 2.05) is 0 Å². The summed E-state index contributed by atoms with van der Waals surface area (Å²) in [5.41, 5.74) is 1.43. The van der Waals surface area contributed by atoms with Crippen LogP contribution >= 0.6 is 0 Å². The van der Waals surface area contributed by atoms with Gasteiger partial charge in [-0.1, -0.05) is 12.1 Å². The lowest BCUT2D eigenvalue weighted by Gasteiger charge is -2.25. The number of ether oxygens (including phenoxy) is 2. The Morgan fingerprint density at radius 3 is 2.48 bits per heavy atom. The van der Waals surface area contributed by atoms with Crippen molar-refractivity contribution in [3.8, 4) is 11.5 Å². The summed E-state index contributed by atoms with van der Waals surface area (Å²) in [6.45, 7) is 1.96. The van der Waals surface area contributed by atoms with E-state index < -0.39 is 6.36 Å². The Balaban J connectivity index is 1.57. The Morgan fingerprint density at radius 1 is 1.09 bits per heavy atom. The number of hydrogen-bond donors (Lipinski definition) is 1. The number of benzene rings is 2. The summed E-state index contributed by atoms with van der Waals surface area (Å²) >= 11 is 0. The molecule has 0 radical (unpaired) electrons. The third-order valence-corrected chi connectivity index (χ3v) is 5.81. The molecule has 1 N–H and O–H groups in total. The lowest BCUT2D eigenvalue weighted by atomic mass is 9.86. The van der Waals surface area contributed by atoms with Gasteiger partial charge in [-0.25, -0.2) is 4.39 Å². The van der Waals surface area contributed by atoms with Gasteiger partial charge in [-0.2, -0.15) is 0 Å². The summed E-state index contributed by atoms with van der Waals surface area (Å²) < 4.78 is 66.5. The van der Waals surface area contributed by atoms with Crippen molar-refractivity contribution in [3.63, 3.8) is 0 Å². The fourth-order valence-corrected chi connectivity index (χ4v) is 4.45. The van der Waals surface area contributed by atoms with Gasteiger partial charge in [0.05, 0.1) is 7.11 Å². The molecular formula is C23H23F4N3O3. The maximum absolute atomic E-state index is 13.5. The molecule has 4 rings (SSSR count). The van der Waals surface area contributed by atoms with E-state index in [1.54, 1.807) is 19.1 Å². The second-order valence-corrected chi connectivity index (χ2v) is 7.93. The molecule has 2 aromatic carbocycles. The zero-order chi connectivity index (χ0) is 23.6. The minimum atomic E-state index is -4.78. The van der Waals surface area contributed by atoms with E-state index in [9.17, 15) is 17.6 Å². The highest BCUT2D eigenvalue weighted by Gasteiger charge is 2.40. The van der Waals surface area contributed by atoms with Crippen molar-refractivity contribution in [1.82, 2.24) is 15.5 Å². The van der Waals surface area contributed by atoms with Crippen molar-refractivity contribution >= 4 is 0 Å². The summed E-state index contributed by atoms with van der Waals surface area (Å²) in [7, 11) is 1.45. The van der Waals surface area contributed by atoms with Crippen LogP contribution in [-0.2, 0) is 6.54 Å². The van der Waals surface area contributed by atoms with Gasteiger partial charge in [0.2, 0.25) is 11.8 Å². The Kier molecular flexibility index (Phi) is 6.55. The second-order valence-electron chi connectivity index (χ2n) is 7.93. The Hall–Kier alpha value is -3.14. The highest BCUT2D eigenvalue weighted by molar-refractivity contribution is 5.40. The topological polar surface area (TPSA) is 69.4 Å². The van der Waals surface area contributed by atoms with E-state index in [0.29, 0.717) is 23.1 Å². The van der Waals surface area contributed by atoms with Gasteiger partial charge in [-0.3, -0.25) is 0 Å². The maximum Gasteiger partial charge on any atom is 0.573 e. The molecule has 0 aliphatic heterocycles. The quantitative estimate of drug-likeness (QED) is 0.481. The van der Waals surface area contributed by atoms with Crippen LogP contribution in [0.3, 0.4) is 0 Å². The summed E-state index contributed by atoms with van der Waals surface area (Å²) in [5, 5.41) is 11.6. The number of nitrogens with one attached hydrogen (secondary N) is 1. The molecule has 1 heterocycles. The predicted octanol–water partition coefficient (Wildman–Crippen LogP) is 5.24. The maximum atomic E-state index is 13.5. The Labute approximate surface area is 187 Å². The van der Waals surface area contributed by atoms with Crippen LogP contribution in [0.15, 0.2) is 46.9 Å². The number of methoxy groups -OCH3 is 1. The molecule has 1 aliphatic rings. The lowest BCUT2D eigenvalue weighted by molar-refractivity contribution is -0.274. The standard InChI is InChI=1S/C23H23F4N3O3/c1-13-29-30-22(32-13)18-8-9-19(21(18)14-3-5-16(24)6-4-14)28-12-15-11-17(33-23(25,26)27)7-10-20(15)31-2/h3-7,10-11,18-19,21,28H,8-9,12H2,1-2H3. The van der Waals surface area contributed by atoms with Gasteiger partial charge in [0, 0.05) is 36.9 Å². The zero-order valence-electron chi connectivity index (χ0n) is 18.0. The van der Waals surface area contributed by atoms with Crippen LogP contribution < -0.4 is 14.8 Å². The molecule has 10 heteroatoms. The molecule has 0 amide bonds. The molecule has 3 aromatic rings. The average molecular weight is 465 g/mol. The SMILES string of the molecule is COc1ccc(OC(F)(F)F)cc1CNC1CCC(c2nnc(C)o2)C1c1ccc(F)cc1. The van der Waals surface area contributed by atoms with Crippen molar-refractivity contribution in [2.45, 2.75) is 50.6 Å². The van der Waals surface area contributed by atoms with Crippen LogP contribution in [0.2, 0.25) is 0 Å². The summed E-state index contributed by atoms with van der Waals surface area (Å²) in [5.74, 6) is 0.604. The van der Waals surface area contributed by atoms with Crippen molar-refractivity contribution in [2.24, 2.45) is 0 Å². The van der Waals surface area contributed by atoms with Gasteiger partial charge >= 0.3 is 6.36 Å². The molecule has 6 nitrogen and oxygen atoms in total. The van der Waals surface area contributed by atoms with E-state index in [2.05, 4.69) is 20.3 Å². The third-order valence-electron chi connectivity index (χ3n) is 5.81. The number of hydrogen-bond acceptors (Lipinski definition) is 6. The van der Waals surface area contributed by atoms with Gasteiger partial charge in [0.25, 0.3) is 0 Å². The Bertz CT molecular complexity index is 1090. The van der Waals surface area contributed by atoms with Crippen LogP contribution in [0, 0.1) is 12.7 Å². The van der Waals surface area contributed by atoms with E-state index in [1.165, 1.54) is 37.4 Å². The van der Waals surface area contributed by atoms with Crippen molar-refractivity contribution in [2.75, 3.05) is 7.11 Å². The molecule has 33 heavy (non-hydrogen) atoms. The number of aromatic nitrogens is 2. The molecular weight excluding hydrogens is 442 g/mol. The van der Waals surface area contributed by atoms with Gasteiger partial charge < -0.3 is 19.2 Å². The largest absolute Gasteiger partial charge is 0.573 e. The molecule has 1 aromatic heterocycles. The van der Waals surface area contributed by atoms with Crippen molar-refractivity contribution < 1.29 is 31.5 Å². The molecule has 0 spiro atoms. The van der Waals surface area contributed by atoms with E-state index in [4.69, 9.17) is 9.15 Å². The number of alkyl halides is 3. The van der Waals surface area contributed by atoms with Crippen LogP contribution in [0.1, 0.15) is 47.6 Å². The second kappa shape index (κ2) is 9.38. The van der Waals surface area contributed by atoms with Gasteiger partial charge in [-0.05, 0) is 48.7 Å². The molecule has 1 fully saturated rings. The van der Waals surface area contributed by atoms with Crippen molar-refractivity contribution in [3.05, 3.63) is 71.2 Å². The number of rotatable bonds is 7. The minimum absolute atomic E-state index is 0.0652. The zero-order valence-corrected chi connectivity index (χ0v) is 18.0. The van der Waals surface area contributed by atoms with Gasteiger partial charge in [-0.15, -0.1) is 23.4 Å². The molecule has 0 bridgehead atoms. The minimum Gasteiger partial charge on any atom is -0.496 e. The van der Waals surface area contributed by atoms with Crippen LogP contribution in [0.4, 0.5) is 17.6 Å². The fourth-order valence-electron chi connectivity index (χ4n) is 4.45. The number of halogens is 4. The molecule has 3 atom stereocenters. The van der Waals surface area contributed by atoms with Crippen LogP contribution in [0.5, 0.6) is 11.5 Å². The molecule has 1 saturated carbocycles. The number of aryl methyl sites for hydroxylation is 1. The van der Waals surface area contributed by atoms with Crippen molar-refractivity contribution in [1.29, 1.82) is 0 Å². The third kappa shape index (κ3) is 5.44. The first-order valence-corrected chi connectivity index (χ1v) is 10.4. The first kappa shape index (κ1) is 23.0. The normalized spacial score (nSPS) is 20.7. The smallest absolute Gasteiger partial charge is 0.496 e. The molecule has 176 valence electrons. The Morgan fingerprint density at radius 2 is 1.85 bits per heavy atom. The number of nitrogens with zero attached hydrogens (tertiary/aromatic N) is 2. The molecule has 0 saturated heterocycles. The lowest BCUT2D eigenvalue weighted by Crippen LogP contribution is -2.32. The average Bonchev–Trinajstić information content (AvgIpc) is 3.38. The first-order valence-electron chi connectivity index (χ1n) is 10.4. The van der Waals surface area contributed by atoms with Gasteiger partial charge in [0.1, 0.15) is 17.3 Å². The van der Waals surface area contributed by atoms with Crippen LogP contribution in [0.25, 0.3) is 0 Å². The summed E-state index contributed by atoms with van der Waals surface area (Å²) in [6, 6.07) is 10.2. The van der Waals surface area contributed by atoms with Gasteiger partial charge in [0.15, 0.2) is 0 Å². The van der Waals surface area contributed by atoms with Crippen LogP contribution in [-0.4, -0.2) is 29.7 Å². The fraction of sp³-hybridized carbons (Fsp3) is 0.391.